The second-order valence-electron chi connectivity index (χ2n) is 8.64. The number of hydrogen-bond acceptors (Lipinski definition) is 9. The largest absolute Gasteiger partial charge is 0.405 e. The highest BCUT2D eigenvalue weighted by Crippen LogP contribution is 2.37. The van der Waals surface area contributed by atoms with Crippen molar-refractivity contribution in [3.63, 3.8) is 0 Å². The van der Waals surface area contributed by atoms with E-state index >= 15 is 0 Å². The first-order chi connectivity index (χ1) is 18.1. The van der Waals surface area contributed by atoms with Crippen LogP contribution in [0.1, 0.15) is 13.3 Å². The van der Waals surface area contributed by atoms with Gasteiger partial charge in [0.05, 0.1) is 31.1 Å². The fourth-order valence-corrected chi connectivity index (χ4v) is 5.61. The first-order valence-corrected chi connectivity index (χ1v) is 13.1. The van der Waals surface area contributed by atoms with E-state index in [2.05, 4.69) is 15.6 Å². The van der Waals surface area contributed by atoms with Gasteiger partial charge in [-0.1, -0.05) is 6.07 Å². The number of thioether (sulfide) groups is 1. The summed E-state index contributed by atoms with van der Waals surface area (Å²) in [5.74, 6) is -2.13. The highest BCUT2D eigenvalue weighted by atomic mass is 32.2. The van der Waals surface area contributed by atoms with E-state index in [9.17, 15) is 32.8 Å². The number of alkyl halides is 3. The van der Waals surface area contributed by atoms with E-state index in [1.807, 2.05) is 4.90 Å². The topological polar surface area (TPSA) is 140 Å². The molecule has 2 saturated heterocycles. The van der Waals surface area contributed by atoms with Gasteiger partial charge in [-0.2, -0.15) is 18.4 Å². The Balaban J connectivity index is 1.51. The molecule has 3 N–H and O–H groups in total. The minimum absolute atomic E-state index is 0.193. The Morgan fingerprint density at radius 2 is 2.00 bits per heavy atom. The second-order valence-corrected chi connectivity index (χ2v) is 9.96. The lowest BCUT2D eigenvalue weighted by Crippen LogP contribution is -2.45. The van der Waals surface area contributed by atoms with Gasteiger partial charge in [-0.15, -0.1) is 11.8 Å². The maximum atomic E-state index is 12.9. The number of aromatic nitrogens is 1. The number of halogens is 3. The molecule has 0 aromatic carbocycles. The monoisotopic (exact) mass is 557 g/mol. The molecule has 1 aromatic heterocycles. The number of amides is 3. The van der Waals surface area contributed by atoms with Crippen LogP contribution in [-0.2, 0) is 19.1 Å². The van der Waals surface area contributed by atoms with Crippen molar-refractivity contribution >= 4 is 41.1 Å². The fourth-order valence-electron chi connectivity index (χ4n) is 4.02. The number of rotatable bonds is 11. The predicted octanol–water partition coefficient (Wildman–Crippen LogP) is 1.26. The zero-order chi connectivity index (χ0) is 27.7. The van der Waals surface area contributed by atoms with Gasteiger partial charge >= 0.3 is 6.18 Å². The quantitative estimate of drug-likeness (QED) is 0.367. The van der Waals surface area contributed by atoms with Crippen LogP contribution < -0.4 is 16.0 Å². The third kappa shape index (κ3) is 8.47. The van der Waals surface area contributed by atoms with Crippen LogP contribution in [0, 0.1) is 17.2 Å². The van der Waals surface area contributed by atoms with Crippen molar-refractivity contribution in [2.24, 2.45) is 5.92 Å². The normalized spacial score (nSPS) is 21.0. The lowest BCUT2D eigenvalue weighted by atomic mass is 10.1. The molecule has 3 heterocycles. The van der Waals surface area contributed by atoms with Crippen LogP contribution >= 0.6 is 11.8 Å². The Kier molecular flexibility index (Phi) is 10.6. The summed E-state index contributed by atoms with van der Waals surface area (Å²) in [4.78, 5) is 45.1. The number of nitriles is 1. The molecule has 38 heavy (non-hydrogen) atoms. The Labute approximate surface area is 222 Å². The number of nitrogens with zero attached hydrogens (tertiary/aromatic N) is 4. The molecule has 0 aliphatic carbocycles. The molecule has 1 unspecified atom stereocenters. The van der Waals surface area contributed by atoms with Crippen molar-refractivity contribution in [2.45, 2.75) is 30.1 Å². The Bertz CT molecular complexity index is 1030. The molecule has 208 valence electrons. The second kappa shape index (κ2) is 13.6. The van der Waals surface area contributed by atoms with Gasteiger partial charge in [0.1, 0.15) is 23.6 Å². The van der Waals surface area contributed by atoms with Crippen molar-refractivity contribution < 1.29 is 32.3 Å². The maximum Gasteiger partial charge on any atom is 0.405 e. The SMILES string of the molecule is CCN1C(=O)[C@@H](CCNc2cccc(NC(=O)CN3CCOCC3)n2)SC1[C@H](C#N)C(=O)NCC(F)(F)F. The van der Waals surface area contributed by atoms with Crippen molar-refractivity contribution in [1.82, 2.24) is 20.1 Å². The smallest absolute Gasteiger partial charge is 0.379 e. The van der Waals surface area contributed by atoms with Crippen LogP contribution in [0.2, 0.25) is 0 Å². The number of nitrogens with one attached hydrogen (secondary N) is 3. The number of carbonyl (C=O) groups is 3. The average Bonchev–Trinajstić information content (AvgIpc) is 3.18. The molecule has 0 saturated carbocycles. The zero-order valence-corrected chi connectivity index (χ0v) is 21.6. The number of pyridine rings is 1. The first-order valence-electron chi connectivity index (χ1n) is 12.1. The fraction of sp³-hybridized carbons (Fsp3) is 0.609. The summed E-state index contributed by atoms with van der Waals surface area (Å²) in [6.07, 6.45) is -4.28. The predicted molar refractivity (Wildman–Crippen MR) is 134 cm³/mol. The summed E-state index contributed by atoms with van der Waals surface area (Å²) < 4.78 is 42.7. The minimum atomic E-state index is -4.61. The molecule has 1 aromatic rings. The lowest BCUT2D eigenvalue weighted by molar-refractivity contribution is -0.141. The van der Waals surface area contributed by atoms with Gasteiger partial charge in [0, 0.05) is 26.2 Å². The van der Waals surface area contributed by atoms with Crippen molar-refractivity contribution in [2.75, 3.05) is 63.1 Å². The van der Waals surface area contributed by atoms with Crippen molar-refractivity contribution in [1.29, 1.82) is 5.26 Å². The van der Waals surface area contributed by atoms with Crippen LogP contribution in [0.15, 0.2) is 18.2 Å². The minimum Gasteiger partial charge on any atom is -0.379 e. The summed E-state index contributed by atoms with van der Waals surface area (Å²) in [7, 11) is 0. The lowest BCUT2D eigenvalue weighted by Gasteiger charge is -2.25. The molecule has 0 bridgehead atoms. The van der Waals surface area contributed by atoms with Gasteiger partial charge in [-0.05, 0) is 25.5 Å². The van der Waals surface area contributed by atoms with E-state index < -0.39 is 35.2 Å². The molecule has 3 atom stereocenters. The van der Waals surface area contributed by atoms with E-state index in [0.717, 1.165) is 11.8 Å². The average molecular weight is 558 g/mol. The van der Waals surface area contributed by atoms with Gasteiger partial charge in [0.25, 0.3) is 0 Å². The van der Waals surface area contributed by atoms with E-state index in [1.165, 1.54) is 4.90 Å². The molecular weight excluding hydrogens is 527 g/mol. The summed E-state index contributed by atoms with van der Waals surface area (Å²) in [5.41, 5.74) is 0. The number of carbonyl (C=O) groups excluding carboxylic acids is 3. The molecule has 2 aliphatic rings. The molecule has 15 heteroatoms. The molecule has 0 spiro atoms. The molecular formula is C23H30F3N7O4S. The Morgan fingerprint density at radius 3 is 2.66 bits per heavy atom. The molecule has 11 nitrogen and oxygen atoms in total. The number of hydrogen-bond donors (Lipinski definition) is 3. The van der Waals surface area contributed by atoms with Crippen molar-refractivity contribution in [3.8, 4) is 6.07 Å². The molecule has 3 rings (SSSR count). The number of anilines is 2. The highest BCUT2D eigenvalue weighted by molar-refractivity contribution is 8.01. The molecule has 3 amide bonds. The third-order valence-corrected chi connectivity index (χ3v) is 7.45. The van der Waals surface area contributed by atoms with E-state index in [4.69, 9.17) is 4.74 Å². The van der Waals surface area contributed by atoms with Crippen molar-refractivity contribution in [3.05, 3.63) is 18.2 Å². The first kappa shape index (κ1) is 29.5. The zero-order valence-electron chi connectivity index (χ0n) is 20.8. The number of ether oxygens (including phenoxy) is 1. The third-order valence-electron chi connectivity index (χ3n) is 5.88. The van der Waals surface area contributed by atoms with Crippen LogP contribution in [0.5, 0.6) is 0 Å². The van der Waals surface area contributed by atoms with Crippen LogP contribution in [0.3, 0.4) is 0 Å². The molecule has 2 fully saturated rings. The number of morpholine rings is 1. The Morgan fingerprint density at radius 1 is 1.29 bits per heavy atom. The van der Waals surface area contributed by atoms with Crippen LogP contribution in [-0.4, -0.2) is 102 Å². The van der Waals surface area contributed by atoms with E-state index in [1.54, 1.807) is 36.5 Å². The van der Waals surface area contributed by atoms with Crippen LogP contribution in [0.4, 0.5) is 24.8 Å². The maximum absolute atomic E-state index is 12.9. The summed E-state index contributed by atoms with van der Waals surface area (Å²) >= 11 is 1.09. The van der Waals surface area contributed by atoms with E-state index in [0.29, 0.717) is 50.9 Å². The molecule has 0 radical (unpaired) electrons. The molecule has 2 aliphatic heterocycles. The van der Waals surface area contributed by atoms with Gasteiger partial charge in [0.2, 0.25) is 17.7 Å². The summed E-state index contributed by atoms with van der Waals surface area (Å²) in [6, 6.07) is 6.84. The van der Waals surface area contributed by atoms with Crippen LogP contribution in [0.25, 0.3) is 0 Å². The standard InChI is InChI=1S/C23H30F3N7O4S/c1-2-33-21(36)16(38-22(33)15(12-27)20(35)29-14-23(24,25)26)6-7-28-17-4-3-5-18(30-17)31-19(34)13-32-8-10-37-11-9-32/h3-5,15-16,22H,2,6-11,13-14H2,1H3,(H,29,35)(H2,28,30,31,34)/t15-,16-,22?/m1/s1. The summed E-state index contributed by atoms with van der Waals surface area (Å²) in [5, 5.41) is 15.6. The Hall–Kier alpha value is -3.09. The van der Waals surface area contributed by atoms with Gasteiger partial charge in [-0.3, -0.25) is 19.3 Å². The van der Waals surface area contributed by atoms with Gasteiger partial charge in [0.15, 0.2) is 5.92 Å². The summed E-state index contributed by atoms with van der Waals surface area (Å²) in [6.45, 7) is 3.44. The van der Waals surface area contributed by atoms with Gasteiger partial charge in [-0.25, -0.2) is 4.98 Å². The van der Waals surface area contributed by atoms with E-state index in [-0.39, 0.29) is 24.9 Å². The van der Waals surface area contributed by atoms with Gasteiger partial charge < -0.3 is 25.6 Å². The highest BCUT2D eigenvalue weighted by Gasteiger charge is 2.46.